The maximum Gasteiger partial charge on any atom is 0.349 e. The molecule has 150 valence electrons. The van der Waals surface area contributed by atoms with Crippen LogP contribution in [0.25, 0.3) is 16.8 Å². The largest absolute Gasteiger partial charge is 0.349 e. The summed E-state index contributed by atoms with van der Waals surface area (Å²) in [6.07, 6.45) is 0.976. The molecule has 0 aliphatic rings. The number of halogens is 2. The van der Waals surface area contributed by atoms with Crippen molar-refractivity contribution in [2.75, 3.05) is 14.2 Å². The number of aromatic amines is 1. The molecule has 29 heavy (non-hydrogen) atoms. The van der Waals surface area contributed by atoms with Gasteiger partial charge < -0.3 is 0 Å². The Morgan fingerprint density at radius 3 is 2.48 bits per heavy atom. The van der Waals surface area contributed by atoms with Gasteiger partial charge in [-0.2, -0.15) is 9.78 Å². The van der Waals surface area contributed by atoms with E-state index in [0.29, 0.717) is 27.4 Å². The van der Waals surface area contributed by atoms with E-state index in [4.69, 9.17) is 28.0 Å². The summed E-state index contributed by atoms with van der Waals surface area (Å²) in [7, 11) is 2.88. The highest BCUT2D eigenvalue weighted by Crippen LogP contribution is 2.36. The molecule has 0 saturated carbocycles. The lowest BCUT2D eigenvalue weighted by molar-refractivity contribution is -0.167. The van der Waals surface area contributed by atoms with Crippen molar-refractivity contribution in [3.63, 3.8) is 0 Å². The van der Waals surface area contributed by atoms with Crippen LogP contribution in [0, 0.1) is 0 Å². The van der Waals surface area contributed by atoms with Gasteiger partial charge in [-0.1, -0.05) is 41.4 Å². The predicted octanol–water partition coefficient (Wildman–Crippen LogP) is 2.46. The molecule has 1 N–H and O–H groups in total. The summed E-state index contributed by atoms with van der Waals surface area (Å²) in [5.74, 6) is -0.302. The number of carbonyl (C=O) groups excluding carboxylic acids is 1. The molecule has 1 aromatic heterocycles. The van der Waals surface area contributed by atoms with Crippen LogP contribution in [-0.2, 0) is 16.1 Å². The number of hydrogen-bond acceptors (Lipinski definition) is 5. The van der Waals surface area contributed by atoms with Gasteiger partial charge in [-0.3, -0.25) is 19.4 Å². The van der Waals surface area contributed by atoms with Crippen LogP contribution in [0.4, 0.5) is 0 Å². The Bertz CT molecular complexity index is 1170. The average Bonchev–Trinajstić information content (AvgIpc) is 2.70. The molecule has 2 aromatic carbocycles. The van der Waals surface area contributed by atoms with Crippen LogP contribution in [0.3, 0.4) is 0 Å². The van der Waals surface area contributed by atoms with Gasteiger partial charge in [0.2, 0.25) is 5.91 Å². The third kappa shape index (κ3) is 4.40. The van der Waals surface area contributed by atoms with Gasteiger partial charge in [-0.25, -0.2) is 9.86 Å². The fourth-order valence-electron chi connectivity index (χ4n) is 2.71. The minimum atomic E-state index is -0.716. The number of hydrogen-bond donors (Lipinski definition) is 1. The first kappa shape index (κ1) is 20.8. The van der Waals surface area contributed by atoms with Crippen molar-refractivity contribution >= 4 is 29.1 Å². The van der Waals surface area contributed by atoms with Crippen molar-refractivity contribution < 1.29 is 9.63 Å². The van der Waals surface area contributed by atoms with E-state index >= 15 is 0 Å². The topological polar surface area (TPSA) is 97.3 Å². The molecule has 0 saturated heterocycles. The minimum Gasteiger partial charge on any atom is -0.275 e. The highest BCUT2D eigenvalue weighted by molar-refractivity contribution is 6.35. The number of rotatable bonds is 5. The number of benzene rings is 2. The van der Waals surface area contributed by atoms with Crippen LogP contribution >= 0.6 is 23.2 Å². The summed E-state index contributed by atoms with van der Waals surface area (Å²) in [6, 6.07) is 10.1. The van der Waals surface area contributed by atoms with Crippen LogP contribution in [0.2, 0.25) is 10.0 Å². The lowest BCUT2D eigenvalue weighted by atomic mass is 9.99. The number of likely N-dealkylation sites (N-methyl/N-ethyl adjacent to an activating group) is 1. The van der Waals surface area contributed by atoms with E-state index < -0.39 is 11.2 Å². The van der Waals surface area contributed by atoms with Crippen molar-refractivity contribution in [1.29, 1.82) is 0 Å². The number of aromatic nitrogens is 3. The van der Waals surface area contributed by atoms with Gasteiger partial charge in [0.05, 0.1) is 24.2 Å². The van der Waals surface area contributed by atoms with Crippen LogP contribution in [0.15, 0.2) is 52.2 Å². The quantitative estimate of drug-likeness (QED) is 0.621. The number of nitrogens with zero attached hydrogens (tertiary/aromatic N) is 3. The van der Waals surface area contributed by atoms with E-state index in [1.165, 1.54) is 14.2 Å². The van der Waals surface area contributed by atoms with Gasteiger partial charge >= 0.3 is 5.69 Å². The molecule has 1 heterocycles. The molecule has 3 rings (SSSR count). The van der Waals surface area contributed by atoms with Crippen LogP contribution in [-0.4, -0.2) is 39.9 Å². The van der Waals surface area contributed by atoms with Gasteiger partial charge in [0.1, 0.15) is 6.20 Å². The first-order valence-corrected chi connectivity index (χ1v) is 9.14. The van der Waals surface area contributed by atoms with E-state index in [9.17, 15) is 14.4 Å². The average molecular weight is 435 g/mol. The molecule has 10 heteroatoms. The third-order valence-electron chi connectivity index (χ3n) is 4.24. The number of nitrogens with one attached hydrogen (secondary N) is 1. The summed E-state index contributed by atoms with van der Waals surface area (Å²) in [5.41, 5.74) is 0.669. The zero-order chi connectivity index (χ0) is 21.1. The number of hydroxylamine groups is 2. The van der Waals surface area contributed by atoms with Gasteiger partial charge in [0.25, 0.3) is 5.56 Å². The predicted molar refractivity (Wildman–Crippen MR) is 109 cm³/mol. The molecular weight excluding hydrogens is 419 g/mol. The summed E-state index contributed by atoms with van der Waals surface area (Å²) >= 11 is 12.6. The zero-order valence-electron chi connectivity index (χ0n) is 15.5. The Kier molecular flexibility index (Phi) is 6.17. The lowest BCUT2D eigenvalue weighted by Gasteiger charge is -2.18. The fourth-order valence-corrected chi connectivity index (χ4v) is 3.18. The van der Waals surface area contributed by atoms with Crippen molar-refractivity contribution in [1.82, 2.24) is 19.8 Å². The monoisotopic (exact) mass is 434 g/mol. The molecule has 0 fully saturated rings. The molecule has 0 radical (unpaired) electrons. The molecule has 0 aliphatic heterocycles. The Morgan fingerprint density at radius 2 is 1.86 bits per heavy atom. The molecule has 0 aliphatic carbocycles. The maximum atomic E-state index is 12.3. The molecular formula is C19H16Cl2N4O4. The SMILES string of the molecule is CON(C)C(=O)Cc1ccc(-n2ncc(=O)[nH]c2=O)c(-c2ccc(Cl)cc2)c1Cl. The zero-order valence-corrected chi connectivity index (χ0v) is 17.0. The molecule has 0 atom stereocenters. The van der Waals surface area contributed by atoms with E-state index in [1.807, 2.05) is 0 Å². The Balaban J connectivity index is 2.22. The Hall–Kier alpha value is -2.94. The Labute approximate surface area is 175 Å². The highest BCUT2D eigenvalue weighted by Gasteiger charge is 2.19. The van der Waals surface area contributed by atoms with Crippen LogP contribution in [0.1, 0.15) is 5.56 Å². The van der Waals surface area contributed by atoms with E-state index in [-0.39, 0.29) is 17.4 Å². The van der Waals surface area contributed by atoms with E-state index in [2.05, 4.69) is 10.1 Å². The van der Waals surface area contributed by atoms with Crippen molar-refractivity contribution in [3.05, 3.63) is 79.0 Å². The second-order valence-electron chi connectivity index (χ2n) is 6.04. The highest BCUT2D eigenvalue weighted by atomic mass is 35.5. The van der Waals surface area contributed by atoms with Gasteiger partial charge in [0, 0.05) is 17.6 Å². The molecule has 0 bridgehead atoms. The molecule has 0 unspecified atom stereocenters. The first-order valence-electron chi connectivity index (χ1n) is 8.39. The van der Waals surface area contributed by atoms with Crippen molar-refractivity contribution in [3.8, 4) is 16.8 Å². The normalized spacial score (nSPS) is 10.8. The van der Waals surface area contributed by atoms with Gasteiger partial charge in [-0.05, 0) is 29.3 Å². The maximum absolute atomic E-state index is 12.3. The van der Waals surface area contributed by atoms with E-state index in [0.717, 1.165) is 15.9 Å². The molecule has 3 aromatic rings. The van der Waals surface area contributed by atoms with Gasteiger partial charge in [0.15, 0.2) is 0 Å². The molecule has 8 nitrogen and oxygen atoms in total. The summed E-state index contributed by atoms with van der Waals surface area (Å²) in [5, 5.41) is 5.80. The van der Waals surface area contributed by atoms with Crippen LogP contribution in [0.5, 0.6) is 0 Å². The lowest BCUT2D eigenvalue weighted by Crippen LogP contribution is -2.30. The van der Waals surface area contributed by atoms with E-state index in [1.54, 1.807) is 36.4 Å². The fraction of sp³-hybridized carbons (Fsp3) is 0.158. The summed E-state index contributed by atoms with van der Waals surface area (Å²) in [6.45, 7) is 0. The standard InChI is InChI=1S/C19H16Cl2N4O4/c1-24(29-2)16(27)9-12-5-8-14(25-19(28)23-15(26)10-22-25)17(18(12)21)11-3-6-13(20)7-4-11/h3-8,10H,9H2,1-2H3,(H,23,26,28). The van der Waals surface area contributed by atoms with Gasteiger partial charge in [-0.15, -0.1) is 0 Å². The summed E-state index contributed by atoms with van der Waals surface area (Å²) < 4.78 is 1.03. The minimum absolute atomic E-state index is 0.0159. The number of H-pyrrole nitrogens is 1. The third-order valence-corrected chi connectivity index (χ3v) is 4.92. The molecule has 1 amide bonds. The first-order chi connectivity index (χ1) is 13.8. The molecule has 0 spiro atoms. The smallest absolute Gasteiger partial charge is 0.275 e. The second kappa shape index (κ2) is 8.60. The van der Waals surface area contributed by atoms with Crippen molar-refractivity contribution in [2.24, 2.45) is 0 Å². The number of carbonyl (C=O) groups is 1. The second-order valence-corrected chi connectivity index (χ2v) is 6.86. The van der Waals surface area contributed by atoms with Crippen LogP contribution < -0.4 is 11.2 Å². The Morgan fingerprint density at radius 1 is 1.17 bits per heavy atom. The summed E-state index contributed by atoms with van der Waals surface area (Å²) in [4.78, 5) is 43.0. The number of amides is 1. The van der Waals surface area contributed by atoms with Crippen molar-refractivity contribution in [2.45, 2.75) is 6.42 Å².